The third kappa shape index (κ3) is 4.45. The van der Waals surface area contributed by atoms with Crippen LogP contribution < -0.4 is 10.1 Å². The monoisotopic (exact) mass is 223 g/mol. The molecule has 0 saturated heterocycles. The van der Waals surface area contributed by atoms with Crippen LogP contribution in [0.2, 0.25) is 0 Å². The second-order valence-corrected chi connectivity index (χ2v) is 3.10. The Hall–Kier alpha value is -2.04. The average Bonchev–Trinajstić information content (AvgIpc) is 2.17. The van der Waals surface area contributed by atoms with Gasteiger partial charge in [-0.2, -0.15) is 0 Å². The summed E-state index contributed by atoms with van der Waals surface area (Å²) in [5.74, 6) is -0.0393. The molecule has 1 N–H and O–H groups in total. The van der Waals surface area contributed by atoms with E-state index in [4.69, 9.17) is 9.47 Å². The molecule has 0 bridgehead atoms. The van der Waals surface area contributed by atoms with Crippen LogP contribution in [0.15, 0.2) is 30.3 Å². The summed E-state index contributed by atoms with van der Waals surface area (Å²) >= 11 is 0. The highest BCUT2D eigenvalue weighted by molar-refractivity contribution is 5.71. The van der Waals surface area contributed by atoms with E-state index in [1.807, 2.05) is 6.07 Å². The van der Waals surface area contributed by atoms with Gasteiger partial charge >= 0.3 is 12.1 Å². The van der Waals surface area contributed by atoms with Crippen molar-refractivity contribution in [2.45, 2.75) is 20.1 Å². The Labute approximate surface area is 93.4 Å². The lowest BCUT2D eigenvalue weighted by atomic mass is 10.3. The highest BCUT2D eigenvalue weighted by atomic mass is 16.6. The maximum atomic E-state index is 11.3. The number of hydrogen-bond acceptors (Lipinski definition) is 4. The number of esters is 1. The van der Waals surface area contributed by atoms with Crippen LogP contribution >= 0.6 is 0 Å². The van der Waals surface area contributed by atoms with Gasteiger partial charge in [0.25, 0.3) is 0 Å². The first-order valence-electron chi connectivity index (χ1n) is 4.78. The van der Waals surface area contributed by atoms with E-state index in [2.05, 4.69) is 5.32 Å². The second kappa shape index (κ2) is 5.75. The summed E-state index contributed by atoms with van der Waals surface area (Å²) in [4.78, 5) is 21.9. The molecule has 0 aliphatic heterocycles. The standard InChI is InChI=1S/C11H13NO4/c1-8(15-9(2)13)12-11(14)16-10-6-4-3-5-7-10/h3-8H,1-2H3,(H,12,14)/t8-/m1/s1. The molecule has 0 radical (unpaired) electrons. The minimum Gasteiger partial charge on any atom is -0.442 e. The first-order valence-corrected chi connectivity index (χ1v) is 4.78. The third-order valence-corrected chi connectivity index (χ3v) is 1.62. The molecule has 16 heavy (non-hydrogen) atoms. The van der Waals surface area contributed by atoms with Gasteiger partial charge in [0.15, 0.2) is 6.23 Å². The van der Waals surface area contributed by atoms with Gasteiger partial charge in [-0.1, -0.05) is 18.2 Å². The van der Waals surface area contributed by atoms with Gasteiger partial charge in [0.1, 0.15) is 5.75 Å². The number of hydrogen-bond donors (Lipinski definition) is 1. The Morgan fingerprint density at radius 2 is 1.88 bits per heavy atom. The van der Waals surface area contributed by atoms with Crippen LogP contribution in [0.25, 0.3) is 0 Å². The number of nitrogens with one attached hydrogen (secondary N) is 1. The Morgan fingerprint density at radius 1 is 1.25 bits per heavy atom. The Morgan fingerprint density at radius 3 is 2.44 bits per heavy atom. The van der Waals surface area contributed by atoms with Gasteiger partial charge in [0.05, 0.1) is 0 Å². The van der Waals surface area contributed by atoms with Crippen LogP contribution in [-0.2, 0) is 9.53 Å². The number of benzene rings is 1. The van der Waals surface area contributed by atoms with Crippen molar-refractivity contribution < 1.29 is 19.1 Å². The number of amides is 1. The van der Waals surface area contributed by atoms with Gasteiger partial charge in [0.2, 0.25) is 0 Å². The maximum absolute atomic E-state index is 11.3. The zero-order valence-electron chi connectivity index (χ0n) is 9.10. The molecule has 1 rings (SSSR count). The van der Waals surface area contributed by atoms with Crippen molar-refractivity contribution >= 4 is 12.1 Å². The summed E-state index contributed by atoms with van der Waals surface area (Å²) in [5, 5.41) is 2.36. The Kier molecular flexibility index (Phi) is 4.32. The first kappa shape index (κ1) is 12.0. The summed E-state index contributed by atoms with van der Waals surface area (Å²) in [6.45, 7) is 2.80. The molecule has 0 heterocycles. The molecule has 0 spiro atoms. The minimum atomic E-state index is -0.714. The summed E-state index contributed by atoms with van der Waals surface area (Å²) in [6.07, 6.45) is -1.38. The van der Waals surface area contributed by atoms with Crippen LogP contribution in [0.5, 0.6) is 5.75 Å². The van der Waals surface area contributed by atoms with Gasteiger partial charge in [0, 0.05) is 6.92 Å². The topological polar surface area (TPSA) is 64.6 Å². The van der Waals surface area contributed by atoms with Crippen molar-refractivity contribution in [1.29, 1.82) is 0 Å². The molecule has 1 aromatic rings. The van der Waals surface area contributed by atoms with Crippen molar-refractivity contribution in [3.05, 3.63) is 30.3 Å². The molecule has 5 nitrogen and oxygen atoms in total. The van der Waals surface area contributed by atoms with E-state index in [9.17, 15) is 9.59 Å². The summed E-state index contributed by atoms with van der Waals surface area (Å²) in [5.41, 5.74) is 0. The number of carbonyl (C=O) groups excluding carboxylic acids is 2. The van der Waals surface area contributed by atoms with Crippen molar-refractivity contribution in [3.63, 3.8) is 0 Å². The summed E-state index contributed by atoms with van der Waals surface area (Å²) in [6, 6.07) is 8.61. The third-order valence-electron chi connectivity index (χ3n) is 1.62. The molecule has 0 saturated carbocycles. The predicted octanol–water partition coefficient (Wildman–Crippen LogP) is 1.68. The number of ether oxygens (including phenoxy) is 2. The van der Waals surface area contributed by atoms with E-state index in [-0.39, 0.29) is 0 Å². The molecule has 86 valence electrons. The van der Waals surface area contributed by atoms with Crippen LogP contribution in [0.4, 0.5) is 4.79 Å². The molecule has 1 amide bonds. The fraction of sp³-hybridized carbons (Fsp3) is 0.273. The normalized spacial score (nSPS) is 11.4. The van der Waals surface area contributed by atoms with Crippen LogP contribution in [-0.4, -0.2) is 18.3 Å². The molecule has 0 aliphatic rings. The zero-order chi connectivity index (χ0) is 12.0. The van der Waals surface area contributed by atoms with Gasteiger partial charge in [-0.05, 0) is 19.1 Å². The fourth-order valence-electron chi connectivity index (χ4n) is 1.07. The highest BCUT2D eigenvalue weighted by Gasteiger charge is 2.10. The van der Waals surface area contributed by atoms with Gasteiger partial charge in [-0.25, -0.2) is 4.79 Å². The number of carbonyl (C=O) groups is 2. The second-order valence-electron chi connectivity index (χ2n) is 3.10. The molecule has 0 fully saturated rings. The SMILES string of the molecule is CC(=O)O[C@H](C)NC(=O)Oc1ccccc1. The summed E-state index contributed by atoms with van der Waals surface area (Å²) < 4.78 is 9.63. The number of rotatable bonds is 3. The first-order chi connectivity index (χ1) is 7.58. The molecule has 1 aromatic carbocycles. The lowest BCUT2D eigenvalue weighted by molar-refractivity contribution is -0.146. The predicted molar refractivity (Wildman–Crippen MR) is 56.8 cm³/mol. The van der Waals surface area contributed by atoms with E-state index < -0.39 is 18.3 Å². The lowest BCUT2D eigenvalue weighted by Crippen LogP contribution is -2.37. The van der Waals surface area contributed by atoms with Gasteiger partial charge in [-0.3, -0.25) is 10.1 Å². The molecule has 0 aromatic heterocycles. The average molecular weight is 223 g/mol. The highest BCUT2D eigenvalue weighted by Crippen LogP contribution is 2.08. The molecule has 5 heteroatoms. The minimum absolute atomic E-state index is 0.426. The van der Waals surface area contributed by atoms with E-state index in [0.29, 0.717) is 5.75 Å². The largest absolute Gasteiger partial charge is 0.442 e. The Balaban J connectivity index is 2.39. The van der Waals surface area contributed by atoms with E-state index in [0.717, 1.165) is 0 Å². The van der Waals surface area contributed by atoms with Gasteiger partial charge in [-0.15, -0.1) is 0 Å². The zero-order valence-corrected chi connectivity index (χ0v) is 9.10. The smallest absolute Gasteiger partial charge is 0.415 e. The van der Waals surface area contributed by atoms with E-state index in [1.165, 1.54) is 13.8 Å². The van der Waals surface area contributed by atoms with Crippen molar-refractivity contribution in [3.8, 4) is 5.75 Å². The quantitative estimate of drug-likeness (QED) is 0.625. The molecular formula is C11H13NO4. The molecule has 0 aliphatic carbocycles. The van der Waals surface area contributed by atoms with Crippen molar-refractivity contribution in [2.24, 2.45) is 0 Å². The summed E-state index contributed by atoms with van der Waals surface area (Å²) in [7, 11) is 0. The fourth-order valence-corrected chi connectivity index (χ4v) is 1.07. The van der Waals surface area contributed by atoms with E-state index in [1.54, 1.807) is 24.3 Å². The van der Waals surface area contributed by atoms with Gasteiger partial charge < -0.3 is 9.47 Å². The lowest BCUT2D eigenvalue weighted by Gasteiger charge is -2.13. The molecule has 1 atom stereocenters. The van der Waals surface area contributed by atoms with Crippen LogP contribution in [0.3, 0.4) is 0 Å². The van der Waals surface area contributed by atoms with Crippen molar-refractivity contribution in [1.82, 2.24) is 5.32 Å². The molecule has 0 unspecified atom stereocenters. The van der Waals surface area contributed by atoms with Crippen LogP contribution in [0, 0.1) is 0 Å². The Bertz CT molecular complexity index is 364. The number of para-hydroxylation sites is 1. The van der Waals surface area contributed by atoms with Crippen LogP contribution in [0.1, 0.15) is 13.8 Å². The van der Waals surface area contributed by atoms with E-state index >= 15 is 0 Å². The van der Waals surface area contributed by atoms with Crippen molar-refractivity contribution in [2.75, 3.05) is 0 Å². The molecular weight excluding hydrogens is 210 g/mol. The maximum Gasteiger partial charge on any atom is 0.415 e.